The Hall–Kier alpha value is -1.89. The van der Waals surface area contributed by atoms with E-state index in [0.717, 1.165) is 23.2 Å². The first-order valence-electron chi connectivity index (χ1n) is 7.40. The minimum absolute atomic E-state index is 0.144. The summed E-state index contributed by atoms with van der Waals surface area (Å²) in [5.74, 6) is -0.783. The third-order valence-corrected chi connectivity index (χ3v) is 3.36. The van der Waals surface area contributed by atoms with Gasteiger partial charge in [-0.15, -0.1) is 0 Å². The number of aliphatic carboxylic acids is 1. The van der Waals surface area contributed by atoms with Gasteiger partial charge in [-0.3, -0.25) is 15.1 Å². The maximum atomic E-state index is 10.6. The van der Waals surface area contributed by atoms with Crippen molar-refractivity contribution in [3.63, 3.8) is 0 Å². The minimum atomic E-state index is -0.783. The molecule has 6 heteroatoms. The lowest BCUT2D eigenvalue weighted by Gasteiger charge is -2.08. The zero-order valence-electron chi connectivity index (χ0n) is 12.5. The van der Waals surface area contributed by atoms with Crippen LogP contribution in [0.5, 0.6) is 0 Å². The van der Waals surface area contributed by atoms with Crippen molar-refractivity contribution in [3.8, 4) is 0 Å². The fourth-order valence-electron chi connectivity index (χ4n) is 2.12. The molecule has 1 aromatic rings. The lowest BCUT2D eigenvalue weighted by Crippen LogP contribution is -2.13. The first-order valence-corrected chi connectivity index (χ1v) is 7.40. The molecule has 120 valence electrons. The van der Waals surface area contributed by atoms with Gasteiger partial charge in [-0.05, 0) is 36.6 Å². The van der Waals surface area contributed by atoms with Crippen molar-refractivity contribution in [3.05, 3.63) is 47.2 Å². The van der Waals surface area contributed by atoms with Gasteiger partial charge in [-0.2, -0.15) is 0 Å². The van der Waals surface area contributed by atoms with E-state index in [4.69, 9.17) is 20.4 Å². The lowest BCUT2D eigenvalue weighted by atomic mass is 10.0. The molecule has 0 bridgehead atoms. The van der Waals surface area contributed by atoms with Crippen LogP contribution < -0.4 is 11.2 Å². The molecule has 1 aromatic carbocycles. The summed E-state index contributed by atoms with van der Waals surface area (Å²) in [5.41, 5.74) is 11.2. The number of ether oxygens (including phenoxy) is 1. The zero-order chi connectivity index (χ0) is 15.8. The van der Waals surface area contributed by atoms with Crippen molar-refractivity contribution >= 4 is 5.97 Å². The molecule has 0 saturated heterocycles. The molecule has 0 fully saturated rings. The van der Waals surface area contributed by atoms with Crippen LogP contribution in [0, 0.1) is 0 Å². The Labute approximate surface area is 129 Å². The average molecular weight is 306 g/mol. The maximum absolute atomic E-state index is 10.6. The molecule has 0 aromatic heterocycles. The Balaban J connectivity index is 1.84. The highest BCUT2D eigenvalue weighted by Crippen LogP contribution is 2.24. The molecule has 22 heavy (non-hydrogen) atoms. The second kappa shape index (κ2) is 8.53. The van der Waals surface area contributed by atoms with Crippen LogP contribution in [-0.2, 0) is 20.8 Å². The van der Waals surface area contributed by atoms with Gasteiger partial charge >= 0.3 is 5.97 Å². The molecule has 4 N–H and O–H groups in total. The van der Waals surface area contributed by atoms with Crippen molar-refractivity contribution in [1.29, 1.82) is 0 Å². The van der Waals surface area contributed by atoms with E-state index < -0.39 is 5.97 Å². The molecule has 0 aliphatic carbocycles. The Morgan fingerprint density at radius 2 is 2.14 bits per heavy atom. The topological polar surface area (TPSA) is 93.8 Å². The highest BCUT2D eigenvalue weighted by atomic mass is 16.7. The highest BCUT2D eigenvalue weighted by Gasteiger charge is 2.18. The molecular formula is C16H22N2O4. The smallest absolute Gasteiger partial charge is 0.303 e. The van der Waals surface area contributed by atoms with Gasteiger partial charge in [-0.25, -0.2) is 0 Å². The van der Waals surface area contributed by atoms with Gasteiger partial charge in [0.05, 0.1) is 12.3 Å². The molecule has 0 saturated carbocycles. The number of carboxylic acid groups (broad SMARTS) is 1. The second-order valence-electron chi connectivity index (χ2n) is 5.16. The minimum Gasteiger partial charge on any atom is -0.481 e. The monoisotopic (exact) mass is 306 g/mol. The third kappa shape index (κ3) is 5.14. The van der Waals surface area contributed by atoms with Crippen LogP contribution in [0.1, 0.15) is 30.1 Å². The molecule has 0 spiro atoms. The SMILES string of the molecule is NCCCOCC1=CC(c2ccc(CCC(=O)O)cc2)ON1. The average Bonchev–Trinajstić information content (AvgIpc) is 2.99. The zero-order valence-corrected chi connectivity index (χ0v) is 12.5. The number of benzene rings is 1. The van der Waals surface area contributed by atoms with E-state index in [1.54, 1.807) is 0 Å². The van der Waals surface area contributed by atoms with Gasteiger partial charge in [0.15, 0.2) is 0 Å². The molecule has 6 nitrogen and oxygen atoms in total. The summed E-state index contributed by atoms with van der Waals surface area (Å²) in [4.78, 5) is 16.1. The molecule has 2 rings (SSSR count). The second-order valence-corrected chi connectivity index (χ2v) is 5.16. The number of hydrogen-bond donors (Lipinski definition) is 3. The van der Waals surface area contributed by atoms with Gasteiger partial charge in [0.2, 0.25) is 0 Å². The predicted octanol–water partition coefficient (Wildman–Crippen LogP) is 1.53. The number of carboxylic acids is 1. The number of nitrogens with two attached hydrogens (primary N) is 1. The van der Waals surface area contributed by atoms with Crippen molar-refractivity contribution in [2.75, 3.05) is 19.8 Å². The largest absolute Gasteiger partial charge is 0.481 e. The van der Waals surface area contributed by atoms with Crippen molar-refractivity contribution in [2.24, 2.45) is 5.73 Å². The fraction of sp³-hybridized carbons (Fsp3) is 0.438. The van der Waals surface area contributed by atoms with Gasteiger partial charge in [-0.1, -0.05) is 24.3 Å². The summed E-state index contributed by atoms with van der Waals surface area (Å²) in [6, 6.07) is 7.78. The standard InChI is InChI=1S/C16H22N2O4/c17-8-1-9-21-11-14-10-15(22-18-14)13-5-2-12(3-6-13)4-7-16(19)20/h2-3,5-6,10,15,18H,1,4,7-9,11,17H2,(H,19,20). The number of carbonyl (C=O) groups is 1. The Kier molecular flexibility index (Phi) is 6.39. The molecule has 0 amide bonds. The Bertz CT molecular complexity index is 513. The van der Waals surface area contributed by atoms with E-state index >= 15 is 0 Å². The molecule has 1 heterocycles. The predicted molar refractivity (Wildman–Crippen MR) is 81.9 cm³/mol. The van der Waals surface area contributed by atoms with Crippen molar-refractivity contribution < 1.29 is 19.5 Å². The number of nitrogens with one attached hydrogen (secondary N) is 1. The highest BCUT2D eigenvalue weighted by molar-refractivity contribution is 5.67. The fourth-order valence-corrected chi connectivity index (χ4v) is 2.12. The van der Waals surface area contributed by atoms with Gasteiger partial charge in [0.25, 0.3) is 0 Å². The number of hydrogen-bond acceptors (Lipinski definition) is 5. The van der Waals surface area contributed by atoms with E-state index in [0.29, 0.717) is 26.2 Å². The van der Waals surface area contributed by atoms with Crippen LogP contribution >= 0.6 is 0 Å². The summed E-state index contributed by atoms with van der Waals surface area (Å²) < 4.78 is 5.47. The van der Waals surface area contributed by atoms with Crippen LogP contribution in [-0.4, -0.2) is 30.8 Å². The maximum Gasteiger partial charge on any atom is 0.303 e. The van der Waals surface area contributed by atoms with Gasteiger partial charge in [0.1, 0.15) is 6.10 Å². The lowest BCUT2D eigenvalue weighted by molar-refractivity contribution is -0.136. The molecule has 1 aliphatic heterocycles. The first-order chi connectivity index (χ1) is 10.7. The molecule has 1 atom stereocenters. The molecule has 1 unspecified atom stereocenters. The molecule has 0 radical (unpaired) electrons. The van der Waals surface area contributed by atoms with E-state index in [1.165, 1.54) is 0 Å². The van der Waals surface area contributed by atoms with Crippen LogP contribution in [0.4, 0.5) is 0 Å². The van der Waals surface area contributed by atoms with E-state index in [-0.39, 0.29) is 12.5 Å². The number of aryl methyl sites for hydroxylation is 1. The Morgan fingerprint density at radius 3 is 2.82 bits per heavy atom. The van der Waals surface area contributed by atoms with Crippen LogP contribution in [0.15, 0.2) is 36.0 Å². The summed E-state index contributed by atoms with van der Waals surface area (Å²) >= 11 is 0. The van der Waals surface area contributed by atoms with E-state index in [2.05, 4.69) is 5.48 Å². The number of rotatable bonds is 9. The molecular weight excluding hydrogens is 284 g/mol. The number of hydroxylamine groups is 1. The van der Waals surface area contributed by atoms with Crippen molar-refractivity contribution in [2.45, 2.75) is 25.4 Å². The van der Waals surface area contributed by atoms with Gasteiger partial charge < -0.3 is 15.6 Å². The normalized spacial score (nSPS) is 17.1. The van der Waals surface area contributed by atoms with E-state index in [9.17, 15) is 4.79 Å². The van der Waals surface area contributed by atoms with Gasteiger partial charge in [0, 0.05) is 13.0 Å². The summed E-state index contributed by atoms with van der Waals surface area (Å²) in [6.45, 7) is 1.74. The summed E-state index contributed by atoms with van der Waals surface area (Å²) in [6.07, 6.45) is 3.35. The first kappa shape index (κ1) is 16.5. The van der Waals surface area contributed by atoms with Crippen LogP contribution in [0.2, 0.25) is 0 Å². The van der Waals surface area contributed by atoms with Crippen molar-refractivity contribution in [1.82, 2.24) is 5.48 Å². The van der Waals surface area contributed by atoms with Crippen LogP contribution in [0.3, 0.4) is 0 Å². The van der Waals surface area contributed by atoms with E-state index in [1.807, 2.05) is 30.3 Å². The Morgan fingerprint density at radius 1 is 1.36 bits per heavy atom. The third-order valence-electron chi connectivity index (χ3n) is 3.36. The summed E-state index contributed by atoms with van der Waals surface area (Å²) in [5, 5.41) is 8.68. The van der Waals surface area contributed by atoms with Crippen LogP contribution in [0.25, 0.3) is 0 Å². The molecule has 1 aliphatic rings. The quantitative estimate of drug-likeness (QED) is 0.599. The summed E-state index contributed by atoms with van der Waals surface area (Å²) in [7, 11) is 0.